The molecule has 19 heavy (non-hydrogen) atoms. The molecule has 0 unspecified atom stereocenters. The molecule has 2 rings (SSSR count). The lowest BCUT2D eigenvalue weighted by molar-refractivity contribution is 0.286. The Bertz CT molecular complexity index is 480. The SMILES string of the molecule is CCOc1cc2c(cc1OCC)[C@@H](CC#N)NCC2. The molecule has 1 aliphatic heterocycles. The molecule has 102 valence electrons. The van der Waals surface area contributed by atoms with E-state index in [0.717, 1.165) is 24.5 Å². The molecule has 1 aliphatic rings. The number of rotatable bonds is 5. The van der Waals surface area contributed by atoms with Crippen LogP contribution in [0.3, 0.4) is 0 Å². The van der Waals surface area contributed by atoms with Crippen LogP contribution < -0.4 is 14.8 Å². The lowest BCUT2D eigenvalue weighted by atomic mass is 9.92. The van der Waals surface area contributed by atoms with Crippen LogP contribution in [0.5, 0.6) is 11.5 Å². The summed E-state index contributed by atoms with van der Waals surface area (Å²) >= 11 is 0. The van der Waals surface area contributed by atoms with Crippen molar-refractivity contribution in [1.82, 2.24) is 5.32 Å². The first-order valence-corrected chi connectivity index (χ1v) is 6.82. The van der Waals surface area contributed by atoms with Crippen LogP contribution in [0, 0.1) is 11.3 Å². The fourth-order valence-corrected chi connectivity index (χ4v) is 2.46. The van der Waals surface area contributed by atoms with E-state index >= 15 is 0 Å². The maximum atomic E-state index is 8.91. The maximum Gasteiger partial charge on any atom is 0.161 e. The number of hydrogen-bond acceptors (Lipinski definition) is 4. The summed E-state index contributed by atoms with van der Waals surface area (Å²) in [5, 5.41) is 12.3. The summed E-state index contributed by atoms with van der Waals surface area (Å²) in [6.07, 6.45) is 1.44. The van der Waals surface area contributed by atoms with Gasteiger partial charge in [-0.05, 0) is 50.1 Å². The van der Waals surface area contributed by atoms with Crippen molar-refractivity contribution in [3.63, 3.8) is 0 Å². The number of hydrogen-bond donors (Lipinski definition) is 1. The molecule has 0 aliphatic carbocycles. The van der Waals surface area contributed by atoms with Crippen LogP contribution in [-0.4, -0.2) is 19.8 Å². The van der Waals surface area contributed by atoms with Gasteiger partial charge in [0.1, 0.15) is 0 Å². The Morgan fingerprint density at radius 2 is 1.95 bits per heavy atom. The summed E-state index contributed by atoms with van der Waals surface area (Å²) in [5.41, 5.74) is 2.42. The largest absolute Gasteiger partial charge is 0.490 e. The highest BCUT2D eigenvalue weighted by Crippen LogP contribution is 2.36. The van der Waals surface area contributed by atoms with Crippen LogP contribution >= 0.6 is 0 Å². The lowest BCUT2D eigenvalue weighted by Crippen LogP contribution is -2.29. The molecule has 1 aromatic carbocycles. The van der Waals surface area contributed by atoms with Gasteiger partial charge >= 0.3 is 0 Å². The van der Waals surface area contributed by atoms with Gasteiger partial charge in [0.05, 0.1) is 25.7 Å². The number of nitrogens with zero attached hydrogens (tertiary/aromatic N) is 1. The van der Waals surface area contributed by atoms with E-state index < -0.39 is 0 Å². The zero-order valence-electron chi connectivity index (χ0n) is 11.5. The quantitative estimate of drug-likeness (QED) is 0.884. The molecule has 4 nitrogen and oxygen atoms in total. The third-order valence-electron chi connectivity index (χ3n) is 3.26. The zero-order valence-corrected chi connectivity index (χ0v) is 11.5. The summed E-state index contributed by atoms with van der Waals surface area (Å²) in [6.45, 7) is 6.06. The maximum absolute atomic E-state index is 8.91. The van der Waals surface area contributed by atoms with E-state index in [4.69, 9.17) is 14.7 Å². The minimum Gasteiger partial charge on any atom is -0.490 e. The highest BCUT2D eigenvalue weighted by molar-refractivity contribution is 5.49. The van der Waals surface area contributed by atoms with E-state index in [-0.39, 0.29) is 6.04 Å². The van der Waals surface area contributed by atoms with Crippen molar-refractivity contribution in [2.45, 2.75) is 32.7 Å². The summed E-state index contributed by atoms with van der Waals surface area (Å²) in [4.78, 5) is 0. The van der Waals surface area contributed by atoms with Gasteiger partial charge in [-0.2, -0.15) is 5.26 Å². The first-order chi connectivity index (χ1) is 9.30. The van der Waals surface area contributed by atoms with E-state index in [9.17, 15) is 0 Å². The van der Waals surface area contributed by atoms with Crippen molar-refractivity contribution in [1.29, 1.82) is 5.26 Å². The second-order valence-corrected chi connectivity index (χ2v) is 4.48. The number of fused-ring (bicyclic) bond motifs is 1. The van der Waals surface area contributed by atoms with E-state index in [1.54, 1.807) is 0 Å². The van der Waals surface area contributed by atoms with Crippen LogP contribution in [0.2, 0.25) is 0 Å². The highest BCUT2D eigenvalue weighted by atomic mass is 16.5. The van der Waals surface area contributed by atoms with Gasteiger partial charge in [0, 0.05) is 6.04 Å². The number of ether oxygens (including phenoxy) is 2. The molecule has 1 N–H and O–H groups in total. The number of nitriles is 1. The van der Waals surface area contributed by atoms with Crippen LogP contribution in [0.1, 0.15) is 37.4 Å². The monoisotopic (exact) mass is 260 g/mol. The summed E-state index contributed by atoms with van der Waals surface area (Å²) in [7, 11) is 0. The predicted molar refractivity (Wildman–Crippen MR) is 73.5 cm³/mol. The topological polar surface area (TPSA) is 54.3 Å². The molecule has 0 radical (unpaired) electrons. The van der Waals surface area contributed by atoms with Crippen molar-refractivity contribution >= 4 is 0 Å². The van der Waals surface area contributed by atoms with Gasteiger partial charge in [-0.25, -0.2) is 0 Å². The third kappa shape index (κ3) is 2.99. The van der Waals surface area contributed by atoms with E-state index in [1.807, 2.05) is 19.9 Å². The lowest BCUT2D eigenvalue weighted by Gasteiger charge is -2.26. The van der Waals surface area contributed by atoms with Gasteiger partial charge in [-0.3, -0.25) is 0 Å². The Balaban J connectivity index is 2.39. The predicted octanol–water partition coefficient (Wildman–Crippen LogP) is 2.58. The average molecular weight is 260 g/mol. The fourth-order valence-electron chi connectivity index (χ4n) is 2.46. The van der Waals surface area contributed by atoms with Crippen LogP contribution in [0.25, 0.3) is 0 Å². The summed E-state index contributed by atoms with van der Waals surface area (Å²) in [5.74, 6) is 1.58. The molecule has 1 aromatic rings. The summed E-state index contributed by atoms with van der Waals surface area (Å²) in [6, 6.07) is 6.43. The molecule has 0 bridgehead atoms. The average Bonchev–Trinajstić information content (AvgIpc) is 2.41. The normalized spacial score (nSPS) is 17.4. The number of benzene rings is 1. The van der Waals surface area contributed by atoms with Crippen molar-refractivity contribution < 1.29 is 9.47 Å². The molecule has 1 heterocycles. The van der Waals surface area contributed by atoms with E-state index in [1.165, 1.54) is 11.1 Å². The highest BCUT2D eigenvalue weighted by Gasteiger charge is 2.22. The summed E-state index contributed by atoms with van der Waals surface area (Å²) < 4.78 is 11.3. The molecular formula is C15H20N2O2. The Labute approximate surface area is 114 Å². The van der Waals surface area contributed by atoms with Gasteiger partial charge in [0.2, 0.25) is 0 Å². The van der Waals surface area contributed by atoms with Crippen molar-refractivity contribution in [3.05, 3.63) is 23.3 Å². The molecule has 4 heteroatoms. The van der Waals surface area contributed by atoms with Crippen LogP contribution in [0.15, 0.2) is 12.1 Å². The van der Waals surface area contributed by atoms with E-state index in [0.29, 0.717) is 19.6 Å². The first kappa shape index (κ1) is 13.7. The molecule has 0 spiro atoms. The Kier molecular flexibility index (Phi) is 4.64. The fraction of sp³-hybridized carbons (Fsp3) is 0.533. The van der Waals surface area contributed by atoms with Gasteiger partial charge in [0.25, 0.3) is 0 Å². The minimum atomic E-state index is 0.101. The standard InChI is InChI=1S/C15H20N2O2/c1-3-18-14-9-11-6-8-17-13(5-7-16)12(11)10-15(14)19-4-2/h9-10,13,17H,3-6,8H2,1-2H3/t13-/m1/s1. The van der Waals surface area contributed by atoms with Crippen molar-refractivity contribution in [2.24, 2.45) is 0 Å². The molecule has 0 amide bonds. The van der Waals surface area contributed by atoms with E-state index in [2.05, 4.69) is 17.5 Å². The smallest absolute Gasteiger partial charge is 0.161 e. The Hall–Kier alpha value is -1.73. The molecule has 0 aromatic heterocycles. The van der Waals surface area contributed by atoms with Crippen molar-refractivity contribution in [2.75, 3.05) is 19.8 Å². The molecule has 0 saturated carbocycles. The number of nitrogens with one attached hydrogen (secondary N) is 1. The third-order valence-corrected chi connectivity index (χ3v) is 3.26. The molecule has 0 fully saturated rings. The second kappa shape index (κ2) is 6.44. The van der Waals surface area contributed by atoms with Crippen LogP contribution in [-0.2, 0) is 6.42 Å². The van der Waals surface area contributed by atoms with Gasteiger partial charge in [0.15, 0.2) is 11.5 Å². The molecule has 1 atom stereocenters. The Morgan fingerprint density at radius 3 is 2.58 bits per heavy atom. The Morgan fingerprint density at radius 1 is 1.26 bits per heavy atom. The van der Waals surface area contributed by atoms with Crippen LogP contribution in [0.4, 0.5) is 0 Å². The minimum absolute atomic E-state index is 0.101. The van der Waals surface area contributed by atoms with Gasteiger partial charge in [-0.1, -0.05) is 0 Å². The van der Waals surface area contributed by atoms with Crippen molar-refractivity contribution in [3.8, 4) is 17.6 Å². The van der Waals surface area contributed by atoms with Gasteiger partial charge in [-0.15, -0.1) is 0 Å². The first-order valence-electron chi connectivity index (χ1n) is 6.82. The molecule has 0 saturated heterocycles. The zero-order chi connectivity index (χ0) is 13.7. The van der Waals surface area contributed by atoms with Gasteiger partial charge < -0.3 is 14.8 Å². The molecular weight excluding hydrogens is 240 g/mol. The second-order valence-electron chi connectivity index (χ2n) is 4.48.